The molecule has 0 aromatic heterocycles. The van der Waals surface area contributed by atoms with Gasteiger partial charge in [-0.25, -0.2) is 17.9 Å². The van der Waals surface area contributed by atoms with Gasteiger partial charge in [0.15, 0.2) is 0 Å². The first-order valence-electron chi connectivity index (χ1n) is 8.62. The minimum absolute atomic E-state index is 0.0617. The van der Waals surface area contributed by atoms with Crippen LogP contribution in [0.25, 0.3) is 0 Å². The normalized spacial score (nSPS) is 12.3. The minimum atomic E-state index is -4.10. The van der Waals surface area contributed by atoms with Crippen LogP contribution in [-0.4, -0.2) is 13.3 Å². The van der Waals surface area contributed by atoms with Crippen molar-refractivity contribution in [2.75, 3.05) is 5.32 Å². The van der Waals surface area contributed by atoms with Gasteiger partial charge < -0.3 is 5.32 Å². The lowest BCUT2D eigenvalue weighted by atomic mass is 9.98. The van der Waals surface area contributed by atoms with Gasteiger partial charge in [-0.2, -0.15) is 0 Å². The summed E-state index contributed by atoms with van der Waals surface area (Å²) >= 11 is 0. The molecule has 3 N–H and O–H groups in total. The van der Waals surface area contributed by atoms with Gasteiger partial charge in [-0.3, -0.25) is 10.1 Å². The lowest BCUT2D eigenvalue weighted by Crippen LogP contribution is -2.17. The number of nitro benzene ring substituents is 1. The van der Waals surface area contributed by atoms with E-state index in [-0.39, 0.29) is 10.6 Å². The molecule has 0 aliphatic heterocycles. The molecule has 3 aromatic carbocycles. The van der Waals surface area contributed by atoms with Crippen LogP contribution in [-0.2, 0) is 16.4 Å². The van der Waals surface area contributed by atoms with Crippen molar-refractivity contribution in [3.05, 3.63) is 99.9 Å². The molecule has 0 aliphatic rings. The predicted molar refractivity (Wildman–Crippen MR) is 107 cm³/mol. The largest absolute Gasteiger partial charge is 0.372 e. The summed E-state index contributed by atoms with van der Waals surface area (Å²) in [6.45, 7) is 0. The van der Waals surface area contributed by atoms with E-state index in [9.17, 15) is 22.9 Å². The fourth-order valence-corrected chi connectivity index (χ4v) is 3.53. The van der Waals surface area contributed by atoms with Crippen LogP contribution in [0.1, 0.15) is 17.2 Å². The second-order valence-corrected chi connectivity index (χ2v) is 7.95. The molecule has 0 aliphatic carbocycles. The standard InChI is InChI=1S/C20H18FN3O4S/c21-17-9-5-4-8-16(17)19(12-14-6-2-1-3-7-14)23-18-11-10-15(29(22,27)28)13-20(18)24(25)26/h1-11,13,19,23H,12H2,(H2,22,27,28). The van der Waals surface area contributed by atoms with Crippen molar-refractivity contribution in [2.24, 2.45) is 5.14 Å². The van der Waals surface area contributed by atoms with Gasteiger partial charge in [-0.05, 0) is 30.2 Å². The maximum absolute atomic E-state index is 14.5. The number of nitrogens with zero attached hydrogens (tertiary/aromatic N) is 1. The molecule has 3 rings (SSSR count). The molecule has 1 atom stereocenters. The lowest BCUT2D eigenvalue weighted by Gasteiger charge is -2.21. The molecule has 0 fully saturated rings. The molecule has 150 valence electrons. The van der Waals surface area contributed by atoms with Crippen molar-refractivity contribution < 1.29 is 17.7 Å². The Balaban J connectivity index is 2.04. The first kappa shape index (κ1) is 20.4. The Bertz CT molecular complexity index is 1140. The first-order valence-corrected chi connectivity index (χ1v) is 10.2. The van der Waals surface area contributed by atoms with Crippen LogP contribution >= 0.6 is 0 Å². The minimum Gasteiger partial charge on any atom is -0.372 e. The van der Waals surface area contributed by atoms with Gasteiger partial charge in [-0.15, -0.1) is 0 Å². The number of nitro groups is 1. The summed E-state index contributed by atoms with van der Waals surface area (Å²) < 4.78 is 37.5. The number of anilines is 1. The number of nitrogens with one attached hydrogen (secondary N) is 1. The van der Waals surface area contributed by atoms with Crippen molar-refractivity contribution in [3.63, 3.8) is 0 Å². The van der Waals surface area contributed by atoms with Crippen molar-refractivity contribution in [1.29, 1.82) is 0 Å². The van der Waals surface area contributed by atoms with Crippen molar-refractivity contribution in [2.45, 2.75) is 17.4 Å². The Hall–Kier alpha value is -3.30. The van der Waals surface area contributed by atoms with Gasteiger partial charge >= 0.3 is 0 Å². The summed E-state index contributed by atoms with van der Waals surface area (Å²) in [6.07, 6.45) is 0.357. The molecule has 0 saturated heterocycles. The van der Waals surface area contributed by atoms with E-state index in [2.05, 4.69) is 5.32 Å². The van der Waals surface area contributed by atoms with Crippen LogP contribution < -0.4 is 10.5 Å². The molecule has 0 saturated carbocycles. The summed E-state index contributed by atoms with van der Waals surface area (Å²) in [7, 11) is -4.10. The molecule has 0 radical (unpaired) electrons. The van der Waals surface area contributed by atoms with Gasteiger partial charge in [0.25, 0.3) is 5.69 Å². The monoisotopic (exact) mass is 415 g/mol. The number of hydrogen-bond acceptors (Lipinski definition) is 5. The van der Waals surface area contributed by atoms with E-state index in [1.807, 2.05) is 30.3 Å². The first-order chi connectivity index (χ1) is 13.8. The maximum Gasteiger partial charge on any atom is 0.293 e. The van der Waals surface area contributed by atoms with Crippen molar-refractivity contribution in [3.8, 4) is 0 Å². The van der Waals surface area contributed by atoms with Gasteiger partial charge in [0.2, 0.25) is 10.0 Å². The Kier molecular flexibility index (Phi) is 5.90. The third-order valence-electron chi connectivity index (χ3n) is 4.39. The number of sulfonamides is 1. The van der Waals surface area contributed by atoms with E-state index < -0.39 is 32.5 Å². The highest BCUT2D eigenvalue weighted by Crippen LogP contribution is 2.32. The molecular formula is C20H18FN3O4S. The van der Waals surface area contributed by atoms with E-state index in [0.29, 0.717) is 12.0 Å². The molecule has 0 heterocycles. The molecule has 1 unspecified atom stereocenters. The molecule has 3 aromatic rings. The molecule has 0 bridgehead atoms. The molecule has 0 amide bonds. The van der Waals surface area contributed by atoms with E-state index in [0.717, 1.165) is 11.6 Å². The Morgan fingerprint density at radius 1 is 1.03 bits per heavy atom. The second kappa shape index (κ2) is 8.38. The summed E-state index contributed by atoms with van der Waals surface area (Å²) in [5.74, 6) is -0.454. The van der Waals surface area contributed by atoms with Crippen LogP contribution in [0, 0.1) is 15.9 Å². The van der Waals surface area contributed by atoms with Gasteiger partial charge in [0, 0.05) is 11.6 Å². The number of nitrogens with two attached hydrogens (primary N) is 1. The van der Waals surface area contributed by atoms with Crippen LogP contribution in [0.15, 0.2) is 77.7 Å². The zero-order valence-corrected chi connectivity index (χ0v) is 16.0. The molecular weight excluding hydrogens is 397 g/mol. The van der Waals surface area contributed by atoms with Gasteiger partial charge in [0.05, 0.1) is 15.9 Å². The zero-order valence-electron chi connectivity index (χ0n) is 15.2. The molecule has 9 heteroatoms. The highest BCUT2D eigenvalue weighted by molar-refractivity contribution is 7.89. The lowest BCUT2D eigenvalue weighted by molar-refractivity contribution is -0.384. The number of hydrogen-bond donors (Lipinski definition) is 2. The number of primary sulfonamides is 1. The van der Waals surface area contributed by atoms with E-state index in [1.54, 1.807) is 18.2 Å². The van der Waals surface area contributed by atoms with Gasteiger partial charge in [0.1, 0.15) is 11.5 Å². The summed E-state index contributed by atoms with van der Waals surface area (Å²) in [5, 5.41) is 19.6. The van der Waals surface area contributed by atoms with Crippen molar-refractivity contribution in [1.82, 2.24) is 0 Å². The fraction of sp³-hybridized carbons (Fsp3) is 0.100. The van der Waals surface area contributed by atoms with E-state index >= 15 is 0 Å². The summed E-state index contributed by atoms with van der Waals surface area (Å²) in [4.78, 5) is 10.4. The van der Waals surface area contributed by atoms with Crippen LogP contribution in [0.5, 0.6) is 0 Å². The van der Waals surface area contributed by atoms with Crippen LogP contribution in [0.2, 0.25) is 0 Å². The summed E-state index contributed by atoms with van der Waals surface area (Å²) in [6, 6.07) is 18.1. The number of benzene rings is 3. The predicted octanol–water partition coefficient (Wildman–Crippen LogP) is 3.78. The third-order valence-corrected chi connectivity index (χ3v) is 5.30. The average Bonchev–Trinajstić information content (AvgIpc) is 2.68. The Labute approximate surface area is 167 Å². The van der Waals surface area contributed by atoms with Crippen LogP contribution in [0.3, 0.4) is 0 Å². The zero-order chi connectivity index (χ0) is 21.0. The smallest absolute Gasteiger partial charge is 0.293 e. The number of rotatable bonds is 7. The van der Waals surface area contributed by atoms with E-state index in [1.165, 1.54) is 18.2 Å². The quantitative estimate of drug-likeness (QED) is 0.450. The van der Waals surface area contributed by atoms with Gasteiger partial charge in [-0.1, -0.05) is 48.5 Å². The van der Waals surface area contributed by atoms with E-state index in [4.69, 9.17) is 5.14 Å². The molecule has 0 spiro atoms. The third kappa shape index (κ3) is 4.95. The topological polar surface area (TPSA) is 115 Å². The average molecular weight is 415 g/mol. The highest BCUT2D eigenvalue weighted by Gasteiger charge is 2.23. The van der Waals surface area contributed by atoms with Crippen LogP contribution in [0.4, 0.5) is 15.8 Å². The highest BCUT2D eigenvalue weighted by atomic mass is 32.2. The fourth-order valence-electron chi connectivity index (χ4n) is 3.00. The SMILES string of the molecule is NS(=O)(=O)c1ccc(NC(Cc2ccccc2)c2ccccc2F)c([N+](=O)[O-])c1. The molecule has 29 heavy (non-hydrogen) atoms. The van der Waals surface area contributed by atoms with Crippen molar-refractivity contribution >= 4 is 21.4 Å². The second-order valence-electron chi connectivity index (χ2n) is 6.39. The Morgan fingerprint density at radius 2 is 1.69 bits per heavy atom. The number of halogens is 1. The Morgan fingerprint density at radius 3 is 2.31 bits per heavy atom. The molecule has 7 nitrogen and oxygen atoms in total. The maximum atomic E-state index is 14.5. The summed E-state index contributed by atoms with van der Waals surface area (Å²) in [5.41, 5.74) is 0.829.